The van der Waals surface area contributed by atoms with Crippen molar-refractivity contribution in [1.29, 1.82) is 0 Å². The fraction of sp³-hybridized carbons (Fsp3) is 0.409. The van der Waals surface area contributed by atoms with Crippen LogP contribution in [0.3, 0.4) is 0 Å². The van der Waals surface area contributed by atoms with Gasteiger partial charge >= 0.3 is 0 Å². The Kier molecular flexibility index (Phi) is 5.68. The Morgan fingerprint density at radius 2 is 2.13 bits per heavy atom. The van der Waals surface area contributed by atoms with Gasteiger partial charge in [-0.3, -0.25) is 9.69 Å². The van der Waals surface area contributed by atoms with Crippen molar-refractivity contribution in [3.8, 4) is 5.69 Å². The molecule has 0 spiro atoms. The van der Waals surface area contributed by atoms with Crippen molar-refractivity contribution in [3.05, 3.63) is 53.8 Å². The van der Waals surface area contributed by atoms with Crippen LogP contribution in [0.25, 0.3) is 5.69 Å². The van der Waals surface area contributed by atoms with Gasteiger partial charge in [0.05, 0.1) is 24.8 Å². The van der Waals surface area contributed by atoms with Crippen molar-refractivity contribution in [2.45, 2.75) is 13.0 Å². The average molecular weight is 422 g/mol. The predicted octanol–water partition coefficient (Wildman–Crippen LogP) is 1.51. The van der Waals surface area contributed by atoms with Gasteiger partial charge in [0.25, 0.3) is 0 Å². The second-order valence-corrected chi connectivity index (χ2v) is 7.88. The molecule has 3 N–H and O–H groups in total. The van der Waals surface area contributed by atoms with E-state index in [1.54, 1.807) is 0 Å². The van der Waals surface area contributed by atoms with Crippen LogP contribution in [0.2, 0.25) is 0 Å². The number of para-hydroxylation sites is 1. The number of nitrogens with zero attached hydrogens (tertiary/aromatic N) is 4. The van der Waals surface area contributed by atoms with E-state index in [1.165, 1.54) is 5.56 Å². The molecule has 1 fully saturated rings. The molecular weight excluding hydrogens is 394 g/mol. The van der Waals surface area contributed by atoms with Crippen molar-refractivity contribution >= 4 is 17.8 Å². The highest BCUT2D eigenvalue weighted by atomic mass is 16.5. The number of amides is 1. The maximum Gasteiger partial charge on any atom is 0.248 e. The molecule has 2 aliphatic heterocycles. The summed E-state index contributed by atoms with van der Waals surface area (Å²) in [5.74, 6) is 1.17. The monoisotopic (exact) mass is 421 g/mol. The van der Waals surface area contributed by atoms with Gasteiger partial charge in [-0.1, -0.05) is 30.4 Å². The Morgan fingerprint density at radius 1 is 1.26 bits per heavy atom. The third kappa shape index (κ3) is 4.47. The van der Waals surface area contributed by atoms with E-state index in [4.69, 9.17) is 4.74 Å². The van der Waals surface area contributed by atoms with Gasteiger partial charge in [-0.15, -0.1) is 5.10 Å². The van der Waals surface area contributed by atoms with Gasteiger partial charge < -0.3 is 20.7 Å². The lowest BCUT2D eigenvalue weighted by atomic mass is 9.98. The maximum atomic E-state index is 12.5. The van der Waals surface area contributed by atoms with Gasteiger partial charge in [0, 0.05) is 38.4 Å². The quantitative estimate of drug-likeness (QED) is 0.651. The minimum atomic E-state index is -0.146. The third-order valence-electron chi connectivity index (χ3n) is 5.79. The van der Waals surface area contributed by atoms with Gasteiger partial charge in [-0.05, 0) is 24.1 Å². The van der Waals surface area contributed by atoms with Gasteiger partial charge in [0.2, 0.25) is 17.8 Å². The summed E-state index contributed by atoms with van der Waals surface area (Å²) in [6.07, 6.45) is 6.54. The van der Waals surface area contributed by atoms with Crippen LogP contribution in [-0.4, -0.2) is 65.0 Å². The smallest absolute Gasteiger partial charge is 0.248 e. The van der Waals surface area contributed by atoms with E-state index in [0.717, 1.165) is 56.7 Å². The Bertz CT molecular complexity index is 1010. The zero-order chi connectivity index (χ0) is 21.0. The Labute approximate surface area is 181 Å². The fourth-order valence-corrected chi connectivity index (χ4v) is 4.02. The number of morpholine rings is 1. The first-order valence-electron chi connectivity index (χ1n) is 10.8. The molecule has 0 bridgehead atoms. The SMILES string of the molecule is O=C(NCCN1CCOCC1)C1C=CC(Nc2nc3n(n2)-c2ccccc2CN3)=CC1. The van der Waals surface area contributed by atoms with Crippen LogP contribution in [0.1, 0.15) is 12.0 Å². The number of allylic oxidation sites excluding steroid dienone is 2. The largest absolute Gasteiger partial charge is 0.379 e. The van der Waals surface area contributed by atoms with Gasteiger partial charge in [-0.2, -0.15) is 9.67 Å². The standard InChI is InChI=1S/C22H27N7O2/c30-20(23-9-10-28-11-13-31-14-12-28)16-5-7-18(8-6-16)25-21-26-22-24-15-17-3-1-2-4-19(17)29(22)27-21/h1-5,7-8,16H,6,9-15H2,(H,23,30)(H2,24,25,26,27). The van der Waals surface area contributed by atoms with E-state index in [2.05, 4.69) is 37.0 Å². The molecule has 2 aromatic rings. The van der Waals surface area contributed by atoms with E-state index >= 15 is 0 Å². The molecule has 1 aromatic heterocycles. The number of rotatable bonds is 6. The highest BCUT2D eigenvalue weighted by molar-refractivity contribution is 5.81. The van der Waals surface area contributed by atoms with Gasteiger partial charge in [0.1, 0.15) is 0 Å². The number of hydrogen-bond donors (Lipinski definition) is 3. The second kappa shape index (κ2) is 8.91. The molecule has 3 aliphatic rings. The number of nitrogens with one attached hydrogen (secondary N) is 3. The zero-order valence-corrected chi connectivity index (χ0v) is 17.4. The molecule has 3 heterocycles. The lowest BCUT2D eigenvalue weighted by Crippen LogP contribution is -2.42. The lowest BCUT2D eigenvalue weighted by Gasteiger charge is -2.26. The topological polar surface area (TPSA) is 96.3 Å². The maximum absolute atomic E-state index is 12.5. The first kappa shape index (κ1) is 19.8. The summed E-state index contributed by atoms with van der Waals surface area (Å²) in [4.78, 5) is 19.3. The molecule has 0 radical (unpaired) electrons. The highest BCUT2D eigenvalue weighted by Crippen LogP contribution is 2.26. The Hall–Kier alpha value is -3.17. The van der Waals surface area contributed by atoms with Crippen LogP contribution < -0.4 is 16.0 Å². The number of aromatic nitrogens is 3. The normalized spacial score (nSPS) is 20.3. The molecular formula is C22H27N7O2. The van der Waals surface area contributed by atoms with Crippen molar-refractivity contribution in [3.63, 3.8) is 0 Å². The summed E-state index contributed by atoms with van der Waals surface area (Å²) in [6.45, 7) is 5.68. The van der Waals surface area contributed by atoms with Crippen LogP contribution in [-0.2, 0) is 16.1 Å². The van der Waals surface area contributed by atoms with Crippen molar-refractivity contribution in [1.82, 2.24) is 25.0 Å². The molecule has 9 heteroatoms. The van der Waals surface area contributed by atoms with Crippen molar-refractivity contribution in [2.24, 2.45) is 5.92 Å². The first-order chi connectivity index (χ1) is 15.3. The minimum Gasteiger partial charge on any atom is -0.379 e. The van der Waals surface area contributed by atoms with E-state index < -0.39 is 0 Å². The number of fused-ring (bicyclic) bond motifs is 3. The predicted molar refractivity (Wildman–Crippen MR) is 118 cm³/mol. The van der Waals surface area contributed by atoms with Gasteiger partial charge in [0.15, 0.2) is 0 Å². The van der Waals surface area contributed by atoms with Crippen LogP contribution in [0.4, 0.5) is 11.9 Å². The number of ether oxygens (including phenoxy) is 1. The zero-order valence-electron chi connectivity index (χ0n) is 17.4. The summed E-state index contributed by atoms with van der Waals surface area (Å²) in [7, 11) is 0. The highest BCUT2D eigenvalue weighted by Gasteiger charge is 2.21. The number of hydrogen-bond acceptors (Lipinski definition) is 7. The number of anilines is 2. The summed E-state index contributed by atoms with van der Waals surface area (Å²) in [5, 5.41) is 14.2. The molecule has 1 unspecified atom stereocenters. The van der Waals surface area contributed by atoms with Crippen molar-refractivity contribution in [2.75, 3.05) is 50.0 Å². The van der Waals surface area contributed by atoms with E-state index in [0.29, 0.717) is 18.9 Å². The van der Waals surface area contributed by atoms with Crippen molar-refractivity contribution < 1.29 is 9.53 Å². The first-order valence-corrected chi connectivity index (χ1v) is 10.8. The van der Waals surface area contributed by atoms with Crippen LogP contribution in [0.5, 0.6) is 0 Å². The van der Waals surface area contributed by atoms with Crippen LogP contribution >= 0.6 is 0 Å². The number of carbonyl (C=O) groups excluding carboxylic acids is 1. The average Bonchev–Trinajstić information content (AvgIpc) is 3.23. The van der Waals surface area contributed by atoms with E-state index in [1.807, 2.05) is 41.1 Å². The van der Waals surface area contributed by atoms with Gasteiger partial charge in [-0.25, -0.2) is 0 Å². The summed E-state index contributed by atoms with van der Waals surface area (Å²) < 4.78 is 7.17. The molecule has 31 heavy (non-hydrogen) atoms. The molecule has 5 rings (SSSR count). The number of benzene rings is 1. The summed E-state index contributed by atoms with van der Waals surface area (Å²) >= 11 is 0. The molecule has 1 aliphatic carbocycles. The molecule has 162 valence electrons. The minimum absolute atomic E-state index is 0.0659. The van der Waals surface area contributed by atoms with Crippen LogP contribution in [0, 0.1) is 5.92 Å². The number of carbonyl (C=O) groups is 1. The molecule has 0 saturated carbocycles. The van der Waals surface area contributed by atoms with E-state index in [-0.39, 0.29) is 11.8 Å². The van der Waals surface area contributed by atoms with Crippen LogP contribution in [0.15, 0.2) is 48.2 Å². The summed E-state index contributed by atoms with van der Waals surface area (Å²) in [6, 6.07) is 8.15. The fourth-order valence-electron chi connectivity index (χ4n) is 4.02. The molecule has 1 amide bonds. The Morgan fingerprint density at radius 3 is 2.97 bits per heavy atom. The molecule has 1 aromatic carbocycles. The third-order valence-corrected chi connectivity index (χ3v) is 5.79. The second-order valence-electron chi connectivity index (χ2n) is 7.88. The molecule has 1 atom stereocenters. The summed E-state index contributed by atoms with van der Waals surface area (Å²) in [5.41, 5.74) is 3.12. The molecule has 9 nitrogen and oxygen atoms in total. The lowest BCUT2D eigenvalue weighted by molar-refractivity contribution is -0.123. The Balaban J connectivity index is 1.13. The van der Waals surface area contributed by atoms with E-state index in [9.17, 15) is 4.79 Å². The molecule has 1 saturated heterocycles.